The first-order valence-corrected chi connectivity index (χ1v) is 5.20. The van der Waals surface area contributed by atoms with Crippen molar-refractivity contribution < 1.29 is 18.3 Å². The highest BCUT2D eigenvalue weighted by molar-refractivity contribution is 8.00. The Morgan fingerprint density at radius 2 is 1.87 bits per heavy atom. The second-order valence-corrected chi connectivity index (χ2v) is 4.53. The average molecular weight is 236 g/mol. The Morgan fingerprint density at radius 3 is 2.33 bits per heavy atom. The van der Waals surface area contributed by atoms with E-state index >= 15 is 0 Å². The highest BCUT2D eigenvalue weighted by Gasteiger charge is 2.30. The number of phenols is 1. The molecule has 15 heavy (non-hydrogen) atoms. The van der Waals surface area contributed by atoms with Crippen LogP contribution in [0.15, 0.2) is 23.1 Å². The van der Waals surface area contributed by atoms with Crippen LogP contribution in [0.4, 0.5) is 13.2 Å². The van der Waals surface area contributed by atoms with Gasteiger partial charge in [0, 0.05) is 4.90 Å². The molecule has 0 amide bonds. The van der Waals surface area contributed by atoms with Gasteiger partial charge in [0.1, 0.15) is 5.75 Å². The van der Waals surface area contributed by atoms with Crippen molar-refractivity contribution in [2.24, 2.45) is 0 Å². The van der Waals surface area contributed by atoms with E-state index in [0.29, 0.717) is 5.56 Å². The molecule has 0 atom stereocenters. The summed E-state index contributed by atoms with van der Waals surface area (Å²) in [5.41, 5.74) is -3.78. The fourth-order valence-electron chi connectivity index (χ4n) is 1.20. The summed E-state index contributed by atoms with van der Waals surface area (Å²) in [7, 11) is 0. The Morgan fingerprint density at radius 1 is 1.27 bits per heavy atom. The number of rotatable bonds is 2. The van der Waals surface area contributed by atoms with E-state index in [4.69, 9.17) is 0 Å². The van der Waals surface area contributed by atoms with Crippen molar-refractivity contribution in [2.45, 2.75) is 30.2 Å². The van der Waals surface area contributed by atoms with Gasteiger partial charge in [-0.3, -0.25) is 0 Å². The maximum atomic E-state index is 12.2. The fraction of sp³-hybridized carbons (Fsp3) is 0.400. The summed E-state index contributed by atoms with van der Waals surface area (Å²) in [5, 5.41) is 9.19. The first-order valence-electron chi connectivity index (χ1n) is 4.38. The van der Waals surface area contributed by atoms with Gasteiger partial charge in [0.05, 0.1) is 0 Å². The summed E-state index contributed by atoms with van der Waals surface area (Å²) in [6, 6.07) is 3.93. The molecule has 0 bridgehead atoms. The molecule has 0 unspecified atom stereocenters. The Labute approximate surface area is 90.3 Å². The van der Waals surface area contributed by atoms with Crippen LogP contribution in [0.1, 0.15) is 25.3 Å². The molecular formula is C10H11F3OS. The predicted octanol–water partition coefficient (Wildman–Crippen LogP) is 4.13. The Kier molecular flexibility index (Phi) is 3.54. The predicted molar refractivity (Wildman–Crippen MR) is 54.1 cm³/mol. The van der Waals surface area contributed by atoms with Crippen LogP contribution in [0.3, 0.4) is 0 Å². The molecule has 1 N–H and O–H groups in total. The highest BCUT2D eigenvalue weighted by Crippen LogP contribution is 2.41. The van der Waals surface area contributed by atoms with Gasteiger partial charge in [-0.05, 0) is 41.4 Å². The molecular weight excluding hydrogens is 225 g/mol. The molecule has 0 aromatic heterocycles. The van der Waals surface area contributed by atoms with Crippen LogP contribution in [0.25, 0.3) is 0 Å². The number of benzene rings is 1. The number of halogens is 3. The maximum Gasteiger partial charge on any atom is 0.446 e. The van der Waals surface area contributed by atoms with Gasteiger partial charge < -0.3 is 5.11 Å². The minimum atomic E-state index is -4.29. The lowest BCUT2D eigenvalue weighted by Crippen LogP contribution is -2.01. The molecule has 0 saturated carbocycles. The number of hydrogen-bond acceptors (Lipinski definition) is 2. The van der Waals surface area contributed by atoms with Crippen LogP contribution in [-0.2, 0) is 0 Å². The lowest BCUT2D eigenvalue weighted by molar-refractivity contribution is -0.0328. The highest BCUT2D eigenvalue weighted by atomic mass is 32.2. The largest absolute Gasteiger partial charge is 0.508 e. The number of thioether (sulfide) groups is 1. The van der Waals surface area contributed by atoms with Gasteiger partial charge in [-0.1, -0.05) is 13.8 Å². The van der Waals surface area contributed by atoms with Crippen LogP contribution in [0.2, 0.25) is 0 Å². The van der Waals surface area contributed by atoms with Crippen molar-refractivity contribution in [1.29, 1.82) is 0 Å². The molecule has 1 nitrogen and oxygen atoms in total. The third kappa shape index (κ3) is 3.66. The van der Waals surface area contributed by atoms with E-state index in [1.54, 1.807) is 13.8 Å². The van der Waals surface area contributed by atoms with Gasteiger partial charge in [-0.2, -0.15) is 13.2 Å². The molecule has 0 fully saturated rings. The fourth-order valence-corrected chi connectivity index (χ4v) is 2.00. The van der Waals surface area contributed by atoms with Gasteiger partial charge >= 0.3 is 5.51 Å². The topological polar surface area (TPSA) is 20.2 Å². The van der Waals surface area contributed by atoms with Crippen LogP contribution in [0, 0.1) is 0 Å². The van der Waals surface area contributed by atoms with E-state index in [1.165, 1.54) is 18.2 Å². The number of phenolic OH excluding ortho intramolecular Hbond substituents is 1. The summed E-state index contributed by atoms with van der Waals surface area (Å²) in [6.07, 6.45) is 0. The number of hydrogen-bond donors (Lipinski definition) is 1. The van der Waals surface area contributed by atoms with Crippen molar-refractivity contribution in [1.82, 2.24) is 0 Å². The van der Waals surface area contributed by atoms with Crippen LogP contribution < -0.4 is 0 Å². The van der Waals surface area contributed by atoms with Crippen molar-refractivity contribution in [3.05, 3.63) is 23.8 Å². The van der Waals surface area contributed by atoms with Gasteiger partial charge in [0.15, 0.2) is 0 Å². The zero-order chi connectivity index (χ0) is 11.6. The van der Waals surface area contributed by atoms with E-state index < -0.39 is 5.51 Å². The lowest BCUT2D eigenvalue weighted by Gasteiger charge is -2.13. The van der Waals surface area contributed by atoms with E-state index in [-0.39, 0.29) is 28.3 Å². The third-order valence-corrected chi connectivity index (χ3v) is 2.66. The second kappa shape index (κ2) is 4.35. The standard InChI is InChI=1S/C10H11F3OS/c1-6(2)8-5-7(14)3-4-9(8)15-10(11,12)13/h3-6,14H,1-2H3. The van der Waals surface area contributed by atoms with Crippen molar-refractivity contribution >= 4 is 11.8 Å². The van der Waals surface area contributed by atoms with E-state index in [0.717, 1.165) is 0 Å². The molecule has 5 heteroatoms. The molecule has 1 rings (SSSR count). The molecule has 0 aliphatic rings. The Balaban J connectivity index is 3.06. The quantitative estimate of drug-likeness (QED) is 0.779. The summed E-state index contributed by atoms with van der Waals surface area (Å²) < 4.78 is 36.6. The maximum absolute atomic E-state index is 12.2. The molecule has 0 heterocycles. The first kappa shape index (κ1) is 12.2. The second-order valence-electron chi connectivity index (χ2n) is 3.42. The molecule has 0 saturated heterocycles. The first-order chi connectivity index (χ1) is 6.79. The minimum Gasteiger partial charge on any atom is -0.508 e. The van der Waals surface area contributed by atoms with Gasteiger partial charge in [-0.15, -0.1) is 0 Å². The van der Waals surface area contributed by atoms with E-state index in [9.17, 15) is 18.3 Å². The van der Waals surface area contributed by atoms with Gasteiger partial charge in [0.25, 0.3) is 0 Å². The zero-order valence-corrected chi connectivity index (χ0v) is 9.12. The summed E-state index contributed by atoms with van der Waals surface area (Å²) >= 11 is -0.147. The third-order valence-electron chi connectivity index (χ3n) is 1.84. The molecule has 1 aromatic carbocycles. The Hall–Kier alpha value is -0.840. The molecule has 0 radical (unpaired) electrons. The minimum absolute atomic E-state index is 0.00905. The lowest BCUT2D eigenvalue weighted by atomic mass is 10.0. The SMILES string of the molecule is CC(C)c1cc(O)ccc1SC(F)(F)F. The van der Waals surface area contributed by atoms with Gasteiger partial charge in [0.2, 0.25) is 0 Å². The normalized spacial score (nSPS) is 12.1. The Bertz CT molecular complexity index is 347. The average Bonchev–Trinajstić information content (AvgIpc) is 2.05. The molecule has 0 spiro atoms. The van der Waals surface area contributed by atoms with Crippen LogP contribution in [0.5, 0.6) is 5.75 Å². The van der Waals surface area contributed by atoms with Crippen molar-refractivity contribution in [3.63, 3.8) is 0 Å². The summed E-state index contributed by atoms with van der Waals surface area (Å²) in [6.45, 7) is 3.57. The molecule has 0 aliphatic heterocycles. The molecule has 1 aromatic rings. The number of alkyl halides is 3. The van der Waals surface area contributed by atoms with Crippen molar-refractivity contribution in [3.8, 4) is 5.75 Å². The summed E-state index contributed by atoms with van der Waals surface area (Å²) in [5.74, 6) is -0.0628. The van der Waals surface area contributed by atoms with Crippen LogP contribution >= 0.6 is 11.8 Å². The van der Waals surface area contributed by atoms with Crippen LogP contribution in [-0.4, -0.2) is 10.6 Å². The van der Waals surface area contributed by atoms with Crippen molar-refractivity contribution in [2.75, 3.05) is 0 Å². The van der Waals surface area contributed by atoms with E-state index in [2.05, 4.69) is 0 Å². The summed E-state index contributed by atoms with van der Waals surface area (Å²) in [4.78, 5) is 0.148. The number of aromatic hydroxyl groups is 1. The van der Waals surface area contributed by atoms with E-state index in [1.807, 2.05) is 0 Å². The molecule has 84 valence electrons. The molecule has 0 aliphatic carbocycles. The zero-order valence-electron chi connectivity index (χ0n) is 8.30. The van der Waals surface area contributed by atoms with Gasteiger partial charge in [-0.25, -0.2) is 0 Å². The monoisotopic (exact) mass is 236 g/mol. The smallest absolute Gasteiger partial charge is 0.446 e.